The Balaban J connectivity index is 1.24. The van der Waals surface area contributed by atoms with Gasteiger partial charge < -0.3 is 0 Å². The number of hydrogen-bond acceptors (Lipinski definition) is 0. The van der Waals surface area contributed by atoms with Crippen LogP contribution in [0.5, 0.6) is 0 Å². The van der Waals surface area contributed by atoms with Crippen molar-refractivity contribution in [2.45, 2.75) is 0 Å². The fourth-order valence-electron chi connectivity index (χ4n) is 9.92. The van der Waals surface area contributed by atoms with Crippen LogP contribution in [0.25, 0.3) is 121 Å². The Hall–Kier alpha value is -7.28. The molecule has 56 heavy (non-hydrogen) atoms. The lowest BCUT2D eigenvalue weighted by Crippen LogP contribution is -1.95. The summed E-state index contributed by atoms with van der Waals surface area (Å²) in [4.78, 5) is 0. The molecule has 1 aliphatic carbocycles. The summed E-state index contributed by atoms with van der Waals surface area (Å²) in [5, 5.41) is 12.7. The maximum Gasteiger partial charge on any atom is -0.000741 e. The Morgan fingerprint density at radius 1 is 0.196 bits per heavy atom. The average molecular weight is 707 g/mol. The zero-order valence-electron chi connectivity index (χ0n) is 30.6. The SMILES string of the molecule is c1ccc(-c2c3c(c(-c4ccccc4)c4cc(-c5c6ccccc6c(-c6cccc7ccccc67)c6ccccc56)ccc24)-c2cccc4cccc-3c24)cc1. The van der Waals surface area contributed by atoms with Crippen molar-refractivity contribution in [1.82, 2.24) is 0 Å². The van der Waals surface area contributed by atoms with Crippen LogP contribution in [0.3, 0.4) is 0 Å². The molecule has 0 radical (unpaired) electrons. The highest BCUT2D eigenvalue weighted by Gasteiger charge is 2.31. The molecule has 1 aliphatic rings. The number of rotatable bonds is 4. The first-order chi connectivity index (χ1) is 27.8. The minimum Gasteiger partial charge on any atom is -0.0622 e. The Bertz CT molecular complexity index is 3320. The lowest BCUT2D eigenvalue weighted by atomic mass is 9.80. The van der Waals surface area contributed by atoms with Gasteiger partial charge in [-0.1, -0.05) is 200 Å². The topological polar surface area (TPSA) is 0 Å². The third-order valence-corrected chi connectivity index (χ3v) is 12.2. The molecule has 258 valence electrons. The molecule has 0 N–H and O–H groups in total. The first kappa shape index (κ1) is 31.1. The van der Waals surface area contributed by atoms with E-state index >= 15 is 0 Å². The van der Waals surface area contributed by atoms with E-state index in [9.17, 15) is 0 Å². The zero-order valence-corrected chi connectivity index (χ0v) is 30.6. The average Bonchev–Trinajstić information content (AvgIpc) is 3.59. The van der Waals surface area contributed by atoms with E-state index in [0.717, 1.165) is 0 Å². The van der Waals surface area contributed by atoms with Gasteiger partial charge in [0.1, 0.15) is 0 Å². The fraction of sp³-hybridized carbons (Fsp3) is 0. The summed E-state index contributed by atoms with van der Waals surface area (Å²) in [6, 6.07) is 76.5. The summed E-state index contributed by atoms with van der Waals surface area (Å²) >= 11 is 0. The fourth-order valence-corrected chi connectivity index (χ4v) is 9.92. The molecule has 0 amide bonds. The van der Waals surface area contributed by atoms with Gasteiger partial charge in [0.05, 0.1) is 0 Å². The van der Waals surface area contributed by atoms with Gasteiger partial charge in [-0.3, -0.25) is 0 Å². The van der Waals surface area contributed by atoms with Crippen molar-refractivity contribution in [3.63, 3.8) is 0 Å². The van der Waals surface area contributed by atoms with Gasteiger partial charge in [-0.05, 0) is 127 Å². The normalized spacial score (nSPS) is 11.9. The van der Waals surface area contributed by atoms with Crippen molar-refractivity contribution in [3.8, 4) is 66.8 Å². The standard InChI is InChI=1S/C56H34/c1-3-17-37(18-4-1)52-46-33-32-39(34-49(46)53(38-19-5-2-6-20-38)56-48-31-15-23-36-22-14-30-47(50(36)48)55(52)56)51-42-25-9-11-27-44(42)54(45-28-12-10-26-43(45)51)41-29-13-21-35-16-7-8-24-40(35)41/h1-34H. The van der Waals surface area contributed by atoms with Gasteiger partial charge >= 0.3 is 0 Å². The largest absolute Gasteiger partial charge is 0.0622 e. The summed E-state index contributed by atoms with van der Waals surface area (Å²) in [6.07, 6.45) is 0. The molecule has 0 spiro atoms. The summed E-state index contributed by atoms with van der Waals surface area (Å²) < 4.78 is 0. The van der Waals surface area contributed by atoms with E-state index in [1.807, 2.05) is 0 Å². The second-order valence-corrected chi connectivity index (χ2v) is 15.1. The van der Waals surface area contributed by atoms with Crippen molar-refractivity contribution in [2.24, 2.45) is 0 Å². The Morgan fingerprint density at radius 2 is 0.625 bits per heavy atom. The van der Waals surface area contributed by atoms with Crippen molar-refractivity contribution in [3.05, 3.63) is 206 Å². The molecule has 0 fully saturated rings. The van der Waals surface area contributed by atoms with Gasteiger partial charge in [-0.2, -0.15) is 0 Å². The van der Waals surface area contributed by atoms with E-state index in [2.05, 4.69) is 206 Å². The minimum atomic E-state index is 1.22. The molecule has 12 rings (SSSR count). The highest BCUT2D eigenvalue weighted by atomic mass is 14.3. The second-order valence-electron chi connectivity index (χ2n) is 15.1. The van der Waals surface area contributed by atoms with Crippen molar-refractivity contribution in [2.75, 3.05) is 0 Å². The molecular formula is C56H34. The van der Waals surface area contributed by atoms with Gasteiger partial charge in [0.2, 0.25) is 0 Å². The van der Waals surface area contributed by atoms with Crippen LogP contribution < -0.4 is 0 Å². The smallest absolute Gasteiger partial charge is 0.000741 e. The van der Waals surface area contributed by atoms with Crippen LogP contribution in [0, 0.1) is 0 Å². The number of hydrogen-bond donors (Lipinski definition) is 0. The van der Waals surface area contributed by atoms with Gasteiger partial charge in [-0.15, -0.1) is 0 Å². The first-order valence-electron chi connectivity index (χ1n) is 19.5. The molecule has 0 aromatic heterocycles. The molecule has 0 heteroatoms. The van der Waals surface area contributed by atoms with Crippen LogP contribution in [0.4, 0.5) is 0 Å². The molecule has 11 aromatic rings. The highest BCUT2D eigenvalue weighted by Crippen LogP contribution is 2.58. The number of benzene rings is 11. The van der Waals surface area contributed by atoms with Crippen LogP contribution >= 0.6 is 0 Å². The molecule has 0 unspecified atom stereocenters. The predicted molar refractivity (Wildman–Crippen MR) is 240 cm³/mol. The molecule has 0 saturated carbocycles. The van der Waals surface area contributed by atoms with E-state index in [0.29, 0.717) is 0 Å². The third-order valence-electron chi connectivity index (χ3n) is 12.2. The maximum atomic E-state index is 2.50. The van der Waals surface area contributed by atoms with Crippen LogP contribution in [0.2, 0.25) is 0 Å². The van der Waals surface area contributed by atoms with Crippen LogP contribution in [-0.2, 0) is 0 Å². The second kappa shape index (κ2) is 12.1. The van der Waals surface area contributed by atoms with Gasteiger partial charge in [0.25, 0.3) is 0 Å². The summed E-state index contributed by atoms with van der Waals surface area (Å²) in [5.41, 5.74) is 15.4. The van der Waals surface area contributed by atoms with Crippen LogP contribution in [0.1, 0.15) is 0 Å². The van der Waals surface area contributed by atoms with E-state index < -0.39 is 0 Å². The molecule has 0 bridgehead atoms. The van der Waals surface area contributed by atoms with Gasteiger partial charge in [0, 0.05) is 0 Å². The number of fused-ring (bicyclic) bond motifs is 7. The Morgan fingerprint density at radius 3 is 1.21 bits per heavy atom. The summed E-state index contributed by atoms with van der Waals surface area (Å²) in [5.74, 6) is 0. The quantitative estimate of drug-likeness (QED) is 0.160. The van der Waals surface area contributed by atoms with E-state index in [4.69, 9.17) is 0 Å². The van der Waals surface area contributed by atoms with Crippen molar-refractivity contribution in [1.29, 1.82) is 0 Å². The predicted octanol–water partition coefficient (Wildman–Crippen LogP) is 15.8. The molecule has 11 aromatic carbocycles. The van der Waals surface area contributed by atoms with Gasteiger partial charge in [-0.25, -0.2) is 0 Å². The Kier molecular flexibility index (Phi) is 6.73. The van der Waals surface area contributed by atoms with Crippen LogP contribution in [0.15, 0.2) is 206 Å². The molecule has 0 aliphatic heterocycles. The third kappa shape index (κ3) is 4.42. The van der Waals surface area contributed by atoms with Gasteiger partial charge in [0.15, 0.2) is 0 Å². The zero-order chi connectivity index (χ0) is 36.7. The first-order valence-corrected chi connectivity index (χ1v) is 19.5. The molecule has 0 saturated heterocycles. The van der Waals surface area contributed by atoms with Crippen LogP contribution in [-0.4, -0.2) is 0 Å². The molecule has 0 atom stereocenters. The van der Waals surface area contributed by atoms with E-state index in [-0.39, 0.29) is 0 Å². The lowest BCUT2D eigenvalue weighted by molar-refractivity contribution is 1.62. The highest BCUT2D eigenvalue weighted by molar-refractivity contribution is 6.29. The maximum absolute atomic E-state index is 2.50. The molecular weight excluding hydrogens is 673 g/mol. The monoisotopic (exact) mass is 706 g/mol. The molecule has 0 heterocycles. The molecule has 0 nitrogen and oxygen atoms in total. The van der Waals surface area contributed by atoms with E-state index in [1.54, 1.807) is 0 Å². The Labute approximate surface area is 325 Å². The van der Waals surface area contributed by atoms with E-state index in [1.165, 1.54) is 121 Å². The summed E-state index contributed by atoms with van der Waals surface area (Å²) in [6.45, 7) is 0. The van der Waals surface area contributed by atoms with Crippen molar-refractivity contribution >= 4 is 53.9 Å². The lowest BCUT2D eigenvalue weighted by Gasteiger charge is -2.22. The van der Waals surface area contributed by atoms with Crippen molar-refractivity contribution < 1.29 is 0 Å². The minimum absolute atomic E-state index is 1.22. The summed E-state index contributed by atoms with van der Waals surface area (Å²) in [7, 11) is 0.